The summed E-state index contributed by atoms with van der Waals surface area (Å²) in [5.41, 5.74) is 3.54. The average molecular weight is 564 g/mol. The van der Waals surface area contributed by atoms with Crippen LogP contribution < -0.4 is 4.90 Å². The Kier molecular flexibility index (Phi) is 8.25. The predicted molar refractivity (Wildman–Crippen MR) is 151 cm³/mol. The van der Waals surface area contributed by atoms with Crippen LogP contribution in [0.5, 0.6) is 0 Å². The molecule has 1 aromatic carbocycles. The van der Waals surface area contributed by atoms with Crippen LogP contribution in [0.25, 0.3) is 0 Å². The van der Waals surface area contributed by atoms with Crippen LogP contribution in [0, 0.1) is 23.6 Å². The Labute approximate surface area is 239 Å². The summed E-state index contributed by atoms with van der Waals surface area (Å²) in [6, 6.07) is 7.11. The third-order valence-corrected chi connectivity index (χ3v) is 8.94. The molecule has 1 unspecified atom stereocenters. The second-order valence-electron chi connectivity index (χ2n) is 11.3. The number of piperidine rings is 1. The first-order valence-corrected chi connectivity index (χ1v) is 14.7. The number of benzene rings is 1. The lowest BCUT2D eigenvalue weighted by molar-refractivity contribution is -0.131. The summed E-state index contributed by atoms with van der Waals surface area (Å²) in [4.78, 5) is 29.7. The van der Waals surface area contributed by atoms with Crippen LogP contribution in [0.1, 0.15) is 47.9 Å². The van der Waals surface area contributed by atoms with E-state index in [0.717, 1.165) is 60.8 Å². The highest BCUT2D eigenvalue weighted by Crippen LogP contribution is 2.49. The van der Waals surface area contributed by atoms with Crippen LogP contribution in [0.2, 0.25) is 5.02 Å². The fraction of sp³-hybridized carbons (Fsp3) is 0.484. The van der Waals surface area contributed by atoms with Crippen molar-refractivity contribution in [2.45, 2.75) is 51.7 Å². The number of rotatable bonds is 9. The van der Waals surface area contributed by atoms with Crippen LogP contribution in [0.3, 0.4) is 0 Å². The summed E-state index contributed by atoms with van der Waals surface area (Å²) >= 11 is 5.91. The smallest absolute Gasteiger partial charge is 0.227 e. The zero-order chi connectivity index (χ0) is 27.5. The lowest BCUT2D eigenvalue weighted by Gasteiger charge is -2.32. The monoisotopic (exact) mass is 563 g/mol. The maximum Gasteiger partial charge on any atom is 0.227 e. The van der Waals surface area contributed by atoms with Gasteiger partial charge in [-0.05, 0) is 84.2 Å². The summed E-state index contributed by atoms with van der Waals surface area (Å²) in [5.74, 6) is 2.65. The molecular weight excluding hydrogens is 529 g/mol. The topological polar surface area (TPSA) is 71.5 Å². The first-order chi connectivity index (χ1) is 19.5. The molecule has 1 saturated heterocycles. The van der Waals surface area contributed by atoms with Gasteiger partial charge in [0.25, 0.3) is 0 Å². The van der Waals surface area contributed by atoms with Gasteiger partial charge >= 0.3 is 0 Å². The maximum atomic E-state index is 14.8. The number of pyridine rings is 1. The molecule has 7 nitrogen and oxygen atoms in total. The molecule has 210 valence electrons. The summed E-state index contributed by atoms with van der Waals surface area (Å²) < 4.78 is 20.7. The van der Waals surface area contributed by atoms with Gasteiger partial charge in [-0.15, -0.1) is 0 Å². The highest BCUT2D eigenvalue weighted by atomic mass is 35.5. The number of ether oxygens (including phenoxy) is 1. The van der Waals surface area contributed by atoms with Gasteiger partial charge in [0, 0.05) is 45.2 Å². The van der Waals surface area contributed by atoms with Crippen LogP contribution in [0.15, 0.2) is 49.1 Å². The lowest BCUT2D eigenvalue weighted by atomic mass is 9.90. The molecule has 40 heavy (non-hydrogen) atoms. The van der Waals surface area contributed by atoms with Crippen molar-refractivity contribution >= 4 is 23.5 Å². The summed E-state index contributed by atoms with van der Waals surface area (Å²) in [6.45, 7) is 4.24. The second kappa shape index (κ2) is 12.2. The predicted octanol–water partition coefficient (Wildman–Crippen LogP) is 5.25. The molecule has 2 aromatic heterocycles. The Hall–Kier alpha value is -3.10. The van der Waals surface area contributed by atoms with E-state index in [1.165, 1.54) is 30.9 Å². The SMILES string of the molecule is O=C(Cc1ccc(COCC[C@@H]2CC2C2CCN(c3ncc(Cl)cn3)CC2)cc1F)N1CCc2ccncc2C1. The molecule has 9 heteroatoms. The molecule has 3 aliphatic rings. The van der Waals surface area contributed by atoms with Gasteiger partial charge in [0.1, 0.15) is 5.82 Å². The van der Waals surface area contributed by atoms with E-state index >= 15 is 0 Å². The molecule has 6 rings (SSSR count). The third-order valence-electron chi connectivity index (χ3n) is 8.74. The number of carbonyl (C=O) groups excluding carboxylic acids is 1. The molecule has 0 bridgehead atoms. The molecule has 1 aliphatic carbocycles. The van der Waals surface area contributed by atoms with E-state index in [1.54, 1.807) is 29.6 Å². The van der Waals surface area contributed by atoms with Crippen molar-refractivity contribution in [3.63, 3.8) is 0 Å². The van der Waals surface area contributed by atoms with Gasteiger partial charge < -0.3 is 14.5 Å². The van der Waals surface area contributed by atoms with Gasteiger partial charge in [0.05, 0.1) is 30.4 Å². The molecule has 0 N–H and O–H groups in total. The number of anilines is 1. The summed E-state index contributed by atoms with van der Waals surface area (Å²) in [7, 11) is 0. The molecule has 4 heterocycles. The van der Waals surface area contributed by atoms with Crippen molar-refractivity contribution < 1.29 is 13.9 Å². The number of halogens is 2. The molecule has 2 fully saturated rings. The quantitative estimate of drug-likeness (QED) is 0.331. The van der Waals surface area contributed by atoms with Gasteiger partial charge in [-0.2, -0.15) is 0 Å². The Balaban J connectivity index is 0.896. The Morgan fingerprint density at radius 3 is 2.70 bits per heavy atom. The van der Waals surface area contributed by atoms with Gasteiger partial charge in [-0.1, -0.05) is 23.7 Å². The van der Waals surface area contributed by atoms with Gasteiger partial charge in [-0.25, -0.2) is 14.4 Å². The van der Waals surface area contributed by atoms with Crippen LogP contribution in [-0.2, 0) is 35.5 Å². The lowest BCUT2D eigenvalue weighted by Crippen LogP contribution is -2.37. The van der Waals surface area contributed by atoms with Gasteiger partial charge in [-0.3, -0.25) is 9.78 Å². The Bertz CT molecular complexity index is 1330. The second-order valence-corrected chi connectivity index (χ2v) is 11.8. The first kappa shape index (κ1) is 27.1. The van der Waals surface area contributed by atoms with Gasteiger partial charge in [0.15, 0.2) is 0 Å². The number of carbonyl (C=O) groups is 1. The largest absolute Gasteiger partial charge is 0.377 e. The van der Waals surface area contributed by atoms with Crippen LogP contribution in [-0.4, -0.2) is 52.0 Å². The molecule has 2 atom stereocenters. The fourth-order valence-electron chi connectivity index (χ4n) is 6.30. The van der Waals surface area contributed by atoms with Crippen molar-refractivity contribution in [1.82, 2.24) is 19.9 Å². The third kappa shape index (κ3) is 6.44. The zero-order valence-electron chi connectivity index (χ0n) is 22.6. The zero-order valence-corrected chi connectivity index (χ0v) is 23.4. The van der Waals surface area contributed by atoms with E-state index in [9.17, 15) is 9.18 Å². The first-order valence-electron chi connectivity index (χ1n) is 14.3. The number of hydrogen-bond acceptors (Lipinski definition) is 6. The molecule has 1 saturated carbocycles. The molecule has 3 aromatic rings. The van der Waals surface area contributed by atoms with E-state index in [-0.39, 0.29) is 18.1 Å². The van der Waals surface area contributed by atoms with Crippen molar-refractivity contribution in [3.8, 4) is 0 Å². The minimum atomic E-state index is -0.342. The Morgan fingerprint density at radius 2 is 1.90 bits per heavy atom. The highest BCUT2D eigenvalue weighted by molar-refractivity contribution is 6.30. The number of hydrogen-bond donors (Lipinski definition) is 0. The maximum absolute atomic E-state index is 14.8. The number of fused-ring (bicyclic) bond motifs is 1. The molecule has 0 spiro atoms. The minimum Gasteiger partial charge on any atom is -0.377 e. The molecule has 2 aliphatic heterocycles. The van der Waals surface area contributed by atoms with E-state index in [4.69, 9.17) is 16.3 Å². The van der Waals surface area contributed by atoms with Gasteiger partial charge in [0.2, 0.25) is 11.9 Å². The summed E-state index contributed by atoms with van der Waals surface area (Å²) in [6.07, 6.45) is 12.5. The highest BCUT2D eigenvalue weighted by Gasteiger charge is 2.43. The fourth-order valence-corrected chi connectivity index (χ4v) is 6.39. The number of aromatic nitrogens is 3. The van der Waals surface area contributed by atoms with E-state index in [0.29, 0.717) is 36.9 Å². The number of nitrogens with zero attached hydrogens (tertiary/aromatic N) is 5. The molecule has 0 radical (unpaired) electrons. The average Bonchev–Trinajstić information content (AvgIpc) is 3.76. The Morgan fingerprint density at radius 1 is 1.07 bits per heavy atom. The molecular formula is C31H35ClFN5O2. The minimum absolute atomic E-state index is 0.0552. The van der Waals surface area contributed by atoms with Crippen molar-refractivity contribution in [1.29, 1.82) is 0 Å². The van der Waals surface area contributed by atoms with Crippen molar-refractivity contribution in [2.24, 2.45) is 17.8 Å². The molecule has 1 amide bonds. The van der Waals surface area contributed by atoms with E-state index in [2.05, 4.69) is 19.9 Å². The van der Waals surface area contributed by atoms with Crippen molar-refractivity contribution in [3.05, 3.63) is 82.1 Å². The number of amides is 1. The van der Waals surface area contributed by atoms with Crippen LogP contribution >= 0.6 is 11.6 Å². The van der Waals surface area contributed by atoms with E-state index in [1.807, 2.05) is 18.3 Å². The standard InChI is InChI=1S/C31H35ClFN5O2/c32-27-17-35-31(36-18-27)37-9-5-23(6-10-37)28-14-24(28)7-12-40-20-21-1-2-25(29(33)13-21)15-30(39)38-11-4-22-3-8-34-16-26(22)19-38/h1-3,8,13,16-18,23-24,28H,4-7,9-12,14-15,19-20H2/t24-,28?/m1/s1. The summed E-state index contributed by atoms with van der Waals surface area (Å²) in [5, 5.41) is 0.564. The van der Waals surface area contributed by atoms with E-state index < -0.39 is 0 Å². The van der Waals surface area contributed by atoms with Crippen LogP contribution in [0.4, 0.5) is 10.3 Å². The normalized spacial score (nSPS) is 20.9. The van der Waals surface area contributed by atoms with Crippen molar-refractivity contribution in [2.75, 3.05) is 31.1 Å².